The third-order valence-corrected chi connectivity index (χ3v) is 3.40. The third kappa shape index (κ3) is 3.54. The smallest absolute Gasteiger partial charge is 0.251 e. The van der Waals surface area contributed by atoms with Crippen molar-refractivity contribution >= 4 is 11.6 Å². The Morgan fingerprint density at radius 2 is 1.81 bits per heavy atom. The summed E-state index contributed by atoms with van der Waals surface area (Å²) in [7, 11) is 1.62. The second-order valence-corrected chi connectivity index (χ2v) is 5.09. The molecule has 0 saturated carbocycles. The van der Waals surface area contributed by atoms with Crippen LogP contribution in [-0.4, -0.2) is 18.1 Å². The molecule has 0 atom stereocenters. The minimum atomic E-state index is -0.102. The van der Waals surface area contributed by atoms with E-state index in [4.69, 9.17) is 0 Å². The highest BCUT2D eigenvalue weighted by molar-refractivity contribution is 5.94. The van der Waals surface area contributed by atoms with Crippen LogP contribution < -0.4 is 10.6 Å². The zero-order chi connectivity index (χ0) is 15.4. The number of carbonyl (C=O) groups is 1. The van der Waals surface area contributed by atoms with Gasteiger partial charge in [-0.2, -0.15) is 0 Å². The van der Waals surface area contributed by atoms with Gasteiger partial charge in [-0.05, 0) is 48.7 Å². The highest BCUT2D eigenvalue weighted by Gasteiger charge is 2.05. The predicted molar refractivity (Wildman–Crippen MR) is 84.7 cm³/mol. The van der Waals surface area contributed by atoms with Crippen molar-refractivity contribution in [2.24, 2.45) is 0 Å². The molecule has 4 heteroatoms. The maximum Gasteiger partial charge on any atom is 0.251 e. The van der Waals surface area contributed by atoms with Crippen LogP contribution >= 0.6 is 0 Å². The SMILES string of the molecule is CNC(=O)c1cccc(NCc2cc(C)c(O)c(C)c2)c1. The van der Waals surface area contributed by atoms with E-state index in [2.05, 4.69) is 10.6 Å². The molecular weight excluding hydrogens is 264 g/mol. The Bertz CT molecular complexity index is 643. The van der Waals surface area contributed by atoms with Crippen molar-refractivity contribution in [2.75, 3.05) is 12.4 Å². The summed E-state index contributed by atoms with van der Waals surface area (Å²) in [6.07, 6.45) is 0. The van der Waals surface area contributed by atoms with Gasteiger partial charge in [0.15, 0.2) is 0 Å². The molecule has 0 aliphatic heterocycles. The molecule has 0 saturated heterocycles. The van der Waals surface area contributed by atoms with Gasteiger partial charge < -0.3 is 15.7 Å². The highest BCUT2D eigenvalue weighted by Crippen LogP contribution is 2.23. The molecule has 21 heavy (non-hydrogen) atoms. The fourth-order valence-corrected chi connectivity index (χ4v) is 2.27. The predicted octanol–water partition coefficient (Wildman–Crippen LogP) is 2.98. The van der Waals surface area contributed by atoms with Gasteiger partial charge >= 0.3 is 0 Å². The largest absolute Gasteiger partial charge is 0.507 e. The Morgan fingerprint density at radius 1 is 1.14 bits per heavy atom. The van der Waals surface area contributed by atoms with Gasteiger partial charge in [-0.1, -0.05) is 18.2 Å². The maximum atomic E-state index is 11.6. The number of carbonyl (C=O) groups excluding carboxylic acids is 1. The molecule has 4 nitrogen and oxygen atoms in total. The number of nitrogens with one attached hydrogen (secondary N) is 2. The van der Waals surface area contributed by atoms with Gasteiger partial charge in [-0.25, -0.2) is 0 Å². The lowest BCUT2D eigenvalue weighted by Gasteiger charge is -2.11. The molecule has 110 valence electrons. The summed E-state index contributed by atoms with van der Waals surface area (Å²) in [5, 5.41) is 15.7. The van der Waals surface area contributed by atoms with Crippen LogP contribution in [0.4, 0.5) is 5.69 Å². The highest BCUT2D eigenvalue weighted by atomic mass is 16.3. The first-order valence-corrected chi connectivity index (χ1v) is 6.86. The van der Waals surface area contributed by atoms with E-state index in [9.17, 15) is 9.90 Å². The first-order valence-electron chi connectivity index (χ1n) is 6.86. The summed E-state index contributed by atoms with van der Waals surface area (Å²) in [4.78, 5) is 11.6. The van der Waals surface area contributed by atoms with Crippen molar-refractivity contribution in [2.45, 2.75) is 20.4 Å². The van der Waals surface area contributed by atoms with Crippen LogP contribution in [0.2, 0.25) is 0 Å². The zero-order valence-corrected chi connectivity index (χ0v) is 12.5. The van der Waals surface area contributed by atoms with E-state index < -0.39 is 0 Å². The normalized spacial score (nSPS) is 10.2. The van der Waals surface area contributed by atoms with E-state index in [1.807, 2.05) is 44.2 Å². The van der Waals surface area contributed by atoms with Gasteiger partial charge in [-0.3, -0.25) is 4.79 Å². The lowest BCUT2D eigenvalue weighted by atomic mass is 10.1. The Morgan fingerprint density at radius 3 is 2.43 bits per heavy atom. The minimum absolute atomic E-state index is 0.102. The van der Waals surface area contributed by atoms with Crippen molar-refractivity contribution in [3.8, 4) is 5.75 Å². The molecule has 3 N–H and O–H groups in total. The Hall–Kier alpha value is -2.49. The van der Waals surface area contributed by atoms with Gasteiger partial charge in [0.1, 0.15) is 5.75 Å². The topological polar surface area (TPSA) is 61.4 Å². The summed E-state index contributed by atoms with van der Waals surface area (Å²) in [5.74, 6) is 0.246. The standard InChI is InChI=1S/C17H20N2O2/c1-11-7-13(8-12(2)16(11)20)10-19-15-6-4-5-14(9-15)17(21)18-3/h4-9,19-20H,10H2,1-3H3,(H,18,21). The zero-order valence-electron chi connectivity index (χ0n) is 12.5. The maximum absolute atomic E-state index is 11.6. The number of rotatable bonds is 4. The van der Waals surface area contributed by atoms with Crippen molar-refractivity contribution in [3.63, 3.8) is 0 Å². The molecule has 0 bridgehead atoms. The van der Waals surface area contributed by atoms with Crippen molar-refractivity contribution in [3.05, 3.63) is 58.7 Å². The average molecular weight is 284 g/mol. The van der Waals surface area contributed by atoms with Gasteiger partial charge in [0.25, 0.3) is 5.91 Å². The monoisotopic (exact) mass is 284 g/mol. The Labute approximate surface area is 124 Å². The number of hydrogen-bond donors (Lipinski definition) is 3. The van der Waals surface area contributed by atoms with Crippen molar-refractivity contribution in [1.82, 2.24) is 5.32 Å². The van der Waals surface area contributed by atoms with E-state index in [0.717, 1.165) is 22.4 Å². The molecule has 2 aromatic carbocycles. The van der Waals surface area contributed by atoms with Gasteiger partial charge in [0.2, 0.25) is 0 Å². The van der Waals surface area contributed by atoms with E-state index >= 15 is 0 Å². The van der Waals surface area contributed by atoms with E-state index in [-0.39, 0.29) is 5.91 Å². The molecule has 2 rings (SSSR count). The Kier molecular flexibility index (Phi) is 4.48. The summed E-state index contributed by atoms with van der Waals surface area (Å²) >= 11 is 0. The lowest BCUT2D eigenvalue weighted by molar-refractivity contribution is 0.0963. The minimum Gasteiger partial charge on any atom is -0.507 e. The summed E-state index contributed by atoms with van der Waals surface area (Å²) in [6.45, 7) is 4.41. The first kappa shape index (κ1) is 14.9. The Balaban J connectivity index is 2.11. The summed E-state index contributed by atoms with van der Waals surface area (Å²) in [5.41, 5.74) is 4.34. The molecule has 0 heterocycles. The summed E-state index contributed by atoms with van der Waals surface area (Å²) in [6, 6.07) is 11.3. The second-order valence-electron chi connectivity index (χ2n) is 5.09. The number of amides is 1. The van der Waals surface area contributed by atoms with Crippen LogP contribution in [0.1, 0.15) is 27.0 Å². The van der Waals surface area contributed by atoms with Gasteiger partial charge in [0.05, 0.1) is 0 Å². The van der Waals surface area contributed by atoms with Crippen LogP contribution in [0.15, 0.2) is 36.4 Å². The molecule has 0 fully saturated rings. The molecule has 0 spiro atoms. The molecule has 0 aromatic heterocycles. The van der Waals surface area contributed by atoms with Crippen LogP contribution in [-0.2, 0) is 6.54 Å². The van der Waals surface area contributed by atoms with Crippen molar-refractivity contribution < 1.29 is 9.90 Å². The fourth-order valence-electron chi connectivity index (χ4n) is 2.27. The summed E-state index contributed by atoms with van der Waals surface area (Å²) < 4.78 is 0. The number of hydrogen-bond acceptors (Lipinski definition) is 3. The fraction of sp³-hybridized carbons (Fsp3) is 0.235. The molecular formula is C17H20N2O2. The third-order valence-electron chi connectivity index (χ3n) is 3.40. The van der Waals surface area contributed by atoms with Crippen molar-refractivity contribution in [1.29, 1.82) is 0 Å². The van der Waals surface area contributed by atoms with Gasteiger partial charge in [0, 0.05) is 24.8 Å². The molecule has 0 unspecified atom stereocenters. The molecule has 0 aliphatic rings. The number of aromatic hydroxyl groups is 1. The second kappa shape index (κ2) is 6.31. The van der Waals surface area contributed by atoms with Crippen LogP contribution in [0.5, 0.6) is 5.75 Å². The molecule has 0 aliphatic carbocycles. The molecule has 0 radical (unpaired) electrons. The number of benzene rings is 2. The van der Waals surface area contributed by atoms with Crippen LogP contribution in [0, 0.1) is 13.8 Å². The lowest BCUT2D eigenvalue weighted by Crippen LogP contribution is -2.17. The molecule has 2 aromatic rings. The van der Waals surface area contributed by atoms with Crippen LogP contribution in [0.25, 0.3) is 0 Å². The quantitative estimate of drug-likeness (QED) is 0.809. The van der Waals surface area contributed by atoms with E-state index in [1.165, 1.54) is 0 Å². The number of phenols is 1. The first-order chi connectivity index (χ1) is 10.0. The average Bonchev–Trinajstić information content (AvgIpc) is 2.50. The number of anilines is 1. The van der Waals surface area contributed by atoms with E-state index in [1.54, 1.807) is 13.1 Å². The van der Waals surface area contributed by atoms with Gasteiger partial charge in [-0.15, -0.1) is 0 Å². The van der Waals surface area contributed by atoms with Crippen LogP contribution in [0.3, 0.4) is 0 Å². The number of phenolic OH excluding ortho intramolecular Hbond substituents is 1. The molecule has 1 amide bonds. The van der Waals surface area contributed by atoms with E-state index in [0.29, 0.717) is 17.9 Å². The number of aryl methyl sites for hydroxylation is 2.